The molecule has 18 heavy (non-hydrogen) atoms. The minimum Gasteiger partial charge on any atom is -0.548 e. The first kappa shape index (κ1) is 14.5. The van der Waals surface area contributed by atoms with Crippen molar-refractivity contribution in [3.63, 3.8) is 0 Å². The molecule has 1 rings (SSSR count). The highest BCUT2D eigenvalue weighted by Crippen LogP contribution is 2.16. The molecule has 0 aliphatic carbocycles. The van der Waals surface area contributed by atoms with Crippen LogP contribution >= 0.6 is 0 Å². The first-order valence-corrected chi connectivity index (χ1v) is 6.81. The van der Waals surface area contributed by atoms with E-state index in [2.05, 4.69) is 0 Å². The topological polar surface area (TPSA) is 95.5 Å². The van der Waals surface area contributed by atoms with Crippen LogP contribution in [0, 0.1) is 0 Å². The Labute approximate surface area is 106 Å². The van der Waals surface area contributed by atoms with Gasteiger partial charge in [-0.25, -0.2) is 13.1 Å². The Balaban J connectivity index is 2.88. The summed E-state index contributed by atoms with van der Waals surface area (Å²) in [7, 11) is -3.86. The second-order valence-corrected chi connectivity index (χ2v) is 5.28. The van der Waals surface area contributed by atoms with Crippen molar-refractivity contribution in [1.29, 1.82) is 0 Å². The maximum atomic E-state index is 11.8. The Morgan fingerprint density at radius 2 is 1.94 bits per heavy atom. The third-order valence-electron chi connectivity index (χ3n) is 2.13. The summed E-state index contributed by atoms with van der Waals surface area (Å²) >= 11 is 0. The molecule has 6 nitrogen and oxygen atoms in total. The van der Waals surface area contributed by atoms with E-state index in [1.807, 2.05) is 11.6 Å². The first-order valence-electron chi connectivity index (χ1n) is 5.33. The van der Waals surface area contributed by atoms with Crippen LogP contribution in [0.25, 0.3) is 0 Å². The van der Waals surface area contributed by atoms with Crippen LogP contribution in [0.4, 0.5) is 0 Å². The summed E-state index contributed by atoms with van der Waals surface area (Å²) in [5.74, 6) is -0.936. The van der Waals surface area contributed by atoms with Gasteiger partial charge in [-0.1, -0.05) is 0 Å². The molecular formula is C11H14NO5S-. The van der Waals surface area contributed by atoms with Gasteiger partial charge in [0.1, 0.15) is 5.75 Å². The summed E-state index contributed by atoms with van der Waals surface area (Å²) in [6.45, 7) is 3.49. The zero-order valence-electron chi connectivity index (χ0n) is 10.0. The van der Waals surface area contributed by atoms with Crippen molar-refractivity contribution in [2.45, 2.75) is 24.8 Å². The standard InChI is InChI=1S/C11H15NO5S/c1-3-17-9-4-6-10(7-5-9)18(15,16)12-8(2)11(13)14/h4-8,12H,3H2,1-2H3,(H,13,14)/p-1/t8-/m0/s1. The molecule has 1 aromatic rings. The predicted octanol–water partition coefficient (Wildman–Crippen LogP) is -0.498. The summed E-state index contributed by atoms with van der Waals surface area (Å²) in [6.07, 6.45) is 0. The van der Waals surface area contributed by atoms with Crippen molar-refractivity contribution in [3.05, 3.63) is 24.3 Å². The van der Waals surface area contributed by atoms with Crippen molar-refractivity contribution in [3.8, 4) is 5.75 Å². The van der Waals surface area contributed by atoms with Gasteiger partial charge in [-0.05, 0) is 38.1 Å². The fraction of sp³-hybridized carbons (Fsp3) is 0.364. The zero-order chi connectivity index (χ0) is 13.8. The van der Waals surface area contributed by atoms with Crippen molar-refractivity contribution in [2.75, 3.05) is 6.61 Å². The molecule has 1 atom stereocenters. The van der Waals surface area contributed by atoms with Crippen LogP contribution in [0.5, 0.6) is 5.75 Å². The fourth-order valence-electron chi connectivity index (χ4n) is 1.23. The number of rotatable bonds is 6. The van der Waals surface area contributed by atoms with Crippen LogP contribution < -0.4 is 14.6 Å². The maximum absolute atomic E-state index is 11.8. The molecule has 0 heterocycles. The molecule has 0 saturated carbocycles. The monoisotopic (exact) mass is 272 g/mol. The molecule has 0 spiro atoms. The van der Waals surface area contributed by atoms with Gasteiger partial charge in [-0.2, -0.15) is 0 Å². The summed E-state index contributed by atoms with van der Waals surface area (Å²) in [5, 5.41) is 10.5. The average Bonchev–Trinajstić information content (AvgIpc) is 2.29. The molecule has 0 aliphatic rings. The van der Waals surface area contributed by atoms with Crippen molar-refractivity contribution in [2.24, 2.45) is 0 Å². The number of benzene rings is 1. The number of aliphatic carboxylic acids is 1. The quantitative estimate of drug-likeness (QED) is 0.753. The fourth-order valence-corrected chi connectivity index (χ4v) is 2.42. The van der Waals surface area contributed by atoms with Gasteiger partial charge in [-0.15, -0.1) is 0 Å². The number of ether oxygens (including phenoxy) is 1. The second-order valence-electron chi connectivity index (χ2n) is 3.57. The van der Waals surface area contributed by atoms with Gasteiger partial charge in [0.05, 0.1) is 23.5 Å². The number of carboxylic acid groups (broad SMARTS) is 1. The Bertz CT molecular complexity index is 509. The Morgan fingerprint density at radius 3 is 2.39 bits per heavy atom. The number of hydrogen-bond donors (Lipinski definition) is 1. The van der Waals surface area contributed by atoms with E-state index >= 15 is 0 Å². The molecule has 1 N–H and O–H groups in total. The van der Waals surface area contributed by atoms with E-state index in [1.165, 1.54) is 31.2 Å². The van der Waals surface area contributed by atoms with Gasteiger partial charge >= 0.3 is 0 Å². The first-order chi connectivity index (χ1) is 8.36. The number of nitrogens with one attached hydrogen (secondary N) is 1. The highest BCUT2D eigenvalue weighted by molar-refractivity contribution is 7.89. The van der Waals surface area contributed by atoms with Gasteiger partial charge in [0.15, 0.2) is 0 Å². The van der Waals surface area contributed by atoms with E-state index in [1.54, 1.807) is 0 Å². The number of carbonyl (C=O) groups is 1. The van der Waals surface area contributed by atoms with Crippen LogP contribution in [0.15, 0.2) is 29.2 Å². The molecule has 0 fully saturated rings. The number of carboxylic acids is 1. The van der Waals surface area contributed by atoms with Crippen LogP contribution in [0.3, 0.4) is 0 Å². The normalized spacial score (nSPS) is 13.0. The van der Waals surface area contributed by atoms with Gasteiger partial charge in [0.2, 0.25) is 10.0 Å². The molecule has 1 aromatic carbocycles. The average molecular weight is 272 g/mol. The summed E-state index contributed by atoms with van der Waals surface area (Å²) in [4.78, 5) is 10.5. The molecule has 0 bridgehead atoms. The molecule has 0 saturated heterocycles. The highest BCUT2D eigenvalue weighted by atomic mass is 32.2. The molecular weight excluding hydrogens is 258 g/mol. The van der Waals surface area contributed by atoms with E-state index in [0.29, 0.717) is 12.4 Å². The van der Waals surface area contributed by atoms with Crippen molar-refractivity contribution < 1.29 is 23.1 Å². The van der Waals surface area contributed by atoms with E-state index in [0.717, 1.165) is 0 Å². The molecule has 0 radical (unpaired) electrons. The molecule has 0 unspecified atom stereocenters. The third-order valence-corrected chi connectivity index (χ3v) is 3.69. The minimum absolute atomic E-state index is 0.0287. The smallest absolute Gasteiger partial charge is 0.241 e. The van der Waals surface area contributed by atoms with Crippen molar-refractivity contribution >= 4 is 16.0 Å². The van der Waals surface area contributed by atoms with Crippen LogP contribution in [0.2, 0.25) is 0 Å². The van der Waals surface area contributed by atoms with E-state index < -0.39 is 22.0 Å². The minimum atomic E-state index is -3.86. The second kappa shape index (κ2) is 5.83. The number of carbonyl (C=O) groups excluding carboxylic acids is 1. The van der Waals surface area contributed by atoms with E-state index in [-0.39, 0.29) is 4.90 Å². The van der Waals surface area contributed by atoms with Crippen molar-refractivity contribution in [1.82, 2.24) is 4.72 Å². The van der Waals surface area contributed by atoms with E-state index in [9.17, 15) is 18.3 Å². The molecule has 0 amide bonds. The zero-order valence-corrected chi connectivity index (χ0v) is 10.9. The van der Waals surface area contributed by atoms with Crippen LogP contribution in [-0.2, 0) is 14.8 Å². The lowest BCUT2D eigenvalue weighted by molar-refractivity contribution is -0.307. The Kier molecular flexibility index (Phi) is 4.69. The number of sulfonamides is 1. The van der Waals surface area contributed by atoms with Crippen LogP contribution in [0.1, 0.15) is 13.8 Å². The summed E-state index contributed by atoms with van der Waals surface area (Å²) in [5.41, 5.74) is 0. The van der Waals surface area contributed by atoms with Gasteiger partial charge < -0.3 is 14.6 Å². The van der Waals surface area contributed by atoms with Gasteiger partial charge in [-0.3, -0.25) is 0 Å². The SMILES string of the molecule is CCOc1ccc(S(=O)(=O)N[C@@H](C)C(=O)[O-])cc1. The van der Waals surface area contributed by atoms with Gasteiger partial charge in [0.25, 0.3) is 0 Å². The summed E-state index contributed by atoms with van der Waals surface area (Å²) in [6, 6.07) is 4.40. The summed E-state index contributed by atoms with van der Waals surface area (Å²) < 4.78 is 30.7. The lowest BCUT2D eigenvalue weighted by Crippen LogP contribution is -2.45. The van der Waals surface area contributed by atoms with Gasteiger partial charge in [0, 0.05) is 0 Å². The highest BCUT2D eigenvalue weighted by Gasteiger charge is 2.17. The third kappa shape index (κ3) is 3.71. The molecule has 100 valence electrons. The van der Waals surface area contributed by atoms with Crippen LogP contribution in [-0.4, -0.2) is 27.0 Å². The molecule has 7 heteroatoms. The Hall–Kier alpha value is -1.60. The van der Waals surface area contributed by atoms with E-state index in [4.69, 9.17) is 4.74 Å². The lowest BCUT2D eigenvalue weighted by Gasteiger charge is -2.15. The number of hydrogen-bond acceptors (Lipinski definition) is 5. The molecule has 0 aliphatic heterocycles. The maximum Gasteiger partial charge on any atom is 0.241 e. The molecule has 0 aromatic heterocycles. The predicted molar refractivity (Wildman–Crippen MR) is 62.4 cm³/mol. The largest absolute Gasteiger partial charge is 0.548 e. The Morgan fingerprint density at radius 1 is 1.39 bits per heavy atom. The lowest BCUT2D eigenvalue weighted by atomic mass is 10.3.